The van der Waals surface area contributed by atoms with Gasteiger partial charge in [-0.1, -0.05) is 30.3 Å². The van der Waals surface area contributed by atoms with Gasteiger partial charge >= 0.3 is 0 Å². The van der Waals surface area contributed by atoms with E-state index in [1.807, 2.05) is 36.4 Å². The summed E-state index contributed by atoms with van der Waals surface area (Å²) in [6, 6.07) is 11.8. The molecule has 0 aliphatic rings. The molecule has 2 aromatic carbocycles. The molecule has 4 heteroatoms. The van der Waals surface area contributed by atoms with Gasteiger partial charge in [0, 0.05) is 18.2 Å². The molecule has 0 fully saturated rings. The van der Waals surface area contributed by atoms with Crippen molar-refractivity contribution >= 4 is 23.2 Å². The molecule has 0 unspecified atom stereocenters. The third kappa shape index (κ3) is 2.75. The second-order valence-corrected chi connectivity index (χ2v) is 4.02. The number of fused-ring (bicyclic) bond motifs is 1. The number of benzene rings is 2. The second kappa shape index (κ2) is 6.59. The fourth-order valence-corrected chi connectivity index (χ4v) is 2.12. The largest absolute Gasteiger partial charge is 0.496 e. The number of nitrogens with two attached hydrogens (primary N) is 1. The van der Waals surface area contributed by atoms with E-state index in [9.17, 15) is 0 Å². The van der Waals surface area contributed by atoms with Gasteiger partial charge in [-0.3, -0.25) is 0 Å². The first kappa shape index (κ1) is 14.8. The predicted octanol–water partition coefficient (Wildman–Crippen LogP) is 2.65. The highest BCUT2D eigenvalue weighted by molar-refractivity contribution is 5.88. The van der Waals surface area contributed by atoms with Crippen molar-refractivity contribution < 1.29 is 9.84 Å². The summed E-state index contributed by atoms with van der Waals surface area (Å²) >= 11 is 0. The quantitative estimate of drug-likeness (QED) is 0.895. The Morgan fingerprint density at radius 1 is 1.22 bits per heavy atom. The molecule has 0 aliphatic carbocycles. The number of ether oxygens (including phenoxy) is 1. The first-order valence-corrected chi connectivity index (χ1v) is 5.70. The fraction of sp³-hybridized carbons (Fsp3) is 0.286. The molecule has 2 rings (SSSR count). The molecule has 2 aromatic rings. The number of rotatable bonds is 4. The number of aliphatic hydroxyl groups excluding tert-OH is 1. The molecule has 0 aliphatic heterocycles. The highest BCUT2D eigenvalue weighted by Gasteiger charge is 2.14. The summed E-state index contributed by atoms with van der Waals surface area (Å²) in [6.45, 7) is 0.0769. The summed E-state index contributed by atoms with van der Waals surface area (Å²) in [7, 11) is 1.64. The average molecular weight is 268 g/mol. The summed E-state index contributed by atoms with van der Waals surface area (Å²) in [6.07, 6.45) is 0.532. The smallest absolute Gasteiger partial charge is 0.124 e. The summed E-state index contributed by atoms with van der Waals surface area (Å²) in [5, 5.41) is 11.2. The highest BCUT2D eigenvalue weighted by atomic mass is 35.5. The Bertz CT molecular complexity index is 516. The van der Waals surface area contributed by atoms with Crippen molar-refractivity contribution in [2.24, 2.45) is 5.73 Å². The lowest BCUT2D eigenvalue weighted by atomic mass is 9.96. The van der Waals surface area contributed by atoms with Gasteiger partial charge in [-0.2, -0.15) is 0 Å². The lowest BCUT2D eigenvalue weighted by Crippen LogP contribution is -2.13. The van der Waals surface area contributed by atoms with Gasteiger partial charge in [-0.05, 0) is 23.3 Å². The molecule has 0 radical (unpaired) electrons. The summed E-state index contributed by atoms with van der Waals surface area (Å²) in [5.41, 5.74) is 7.08. The lowest BCUT2D eigenvalue weighted by Gasteiger charge is -2.17. The van der Waals surface area contributed by atoms with Crippen LogP contribution in [0.15, 0.2) is 36.4 Å². The van der Waals surface area contributed by atoms with Crippen LogP contribution in [0.2, 0.25) is 0 Å². The molecule has 0 aromatic heterocycles. The summed E-state index contributed by atoms with van der Waals surface area (Å²) < 4.78 is 5.36. The van der Waals surface area contributed by atoms with Crippen LogP contribution in [0.3, 0.4) is 0 Å². The van der Waals surface area contributed by atoms with Crippen molar-refractivity contribution in [3.63, 3.8) is 0 Å². The predicted molar refractivity (Wildman–Crippen MR) is 76.4 cm³/mol. The number of methoxy groups -OCH3 is 1. The molecule has 18 heavy (non-hydrogen) atoms. The molecule has 0 saturated carbocycles. The summed E-state index contributed by atoms with van der Waals surface area (Å²) in [4.78, 5) is 0. The standard InChI is InChI=1S/C14H17NO2.ClH/c1-17-13-7-6-10-4-2-3-5-11(10)14(13)12(15)8-9-16;/h2-7,12,16H,8-9,15H2,1H3;1H/t12-;/m1./s1. The molecule has 0 spiro atoms. The molecule has 3 N–H and O–H groups in total. The van der Waals surface area contributed by atoms with E-state index in [0.717, 1.165) is 22.1 Å². The first-order valence-electron chi connectivity index (χ1n) is 5.70. The SMILES string of the molecule is COc1ccc2ccccc2c1[C@H](N)CCO.Cl. The average Bonchev–Trinajstić information content (AvgIpc) is 2.37. The van der Waals surface area contributed by atoms with Gasteiger partial charge in [0.05, 0.1) is 7.11 Å². The van der Waals surface area contributed by atoms with E-state index >= 15 is 0 Å². The van der Waals surface area contributed by atoms with Gasteiger partial charge in [-0.15, -0.1) is 12.4 Å². The van der Waals surface area contributed by atoms with Crippen LogP contribution in [0.25, 0.3) is 10.8 Å². The monoisotopic (exact) mass is 267 g/mol. The van der Waals surface area contributed by atoms with Crippen molar-refractivity contribution in [2.45, 2.75) is 12.5 Å². The number of hydrogen-bond acceptors (Lipinski definition) is 3. The van der Waals surface area contributed by atoms with Gasteiger partial charge in [0.25, 0.3) is 0 Å². The number of halogens is 1. The molecule has 0 amide bonds. The zero-order valence-corrected chi connectivity index (χ0v) is 11.1. The normalized spacial score (nSPS) is 11.9. The Balaban J connectivity index is 0.00000162. The minimum Gasteiger partial charge on any atom is -0.496 e. The molecule has 0 heterocycles. The Labute approximate surface area is 113 Å². The van der Waals surface area contributed by atoms with Crippen LogP contribution in [-0.2, 0) is 0 Å². The minimum absolute atomic E-state index is 0. The molecule has 3 nitrogen and oxygen atoms in total. The number of aliphatic hydroxyl groups is 1. The van der Waals surface area contributed by atoms with Crippen LogP contribution in [0.1, 0.15) is 18.0 Å². The van der Waals surface area contributed by atoms with E-state index in [0.29, 0.717) is 6.42 Å². The van der Waals surface area contributed by atoms with E-state index in [1.54, 1.807) is 7.11 Å². The van der Waals surface area contributed by atoms with E-state index in [-0.39, 0.29) is 25.1 Å². The maximum absolute atomic E-state index is 9.01. The van der Waals surface area contributed by atoms with Crippen LogP contribution >= 0.6 is 12.4 Å². The topological polar surface area (TPSA) is 55.5 Å². The third-order valence-corrected chi connectivity index (χ3v) is 2.96. The van der Waals surface area contributed by atoms with E-state index in [4.69, 9.17) is 15.6 Å². The van der Waals surface area contributed by atoms with Crippen molar-refractivity contribution in [1.82, 2.24) is 0 Å². The Hall–Kier alpha value is -1.29. The van der Waals surface area contributed by atoms with Gasteiger partial charge in [0.2, 0.25) is 0 Å². The Morgan fingerprint density at radius 3 is 2.61 bits per heavy atom. The third-order valence-electron chi connectivity index (χ3n) is 2.96. The van der Waals surface area contributed by atoms with E-state index in [2.05, 4.69) is 0 Å². The Morgan fingerprint density at radius 2 is 1.94 bits per heavy atom. The van der Waals surface area contributed by atoms with Crippen LogP contribution in [0.4, 0.5) is 0 Å². The zero-order valence-electron chi connectivity index (χ0n) is 10.3. The van der Waals surface area contributed by atoms with Crippen LogP contribution in [-0.4, -0.2) is 18.8 Å². The molecular weight excluding hydrogens is 250 g/mol. The van der Waals surface area contributed by atoms with Gasteiger partial charge in [-0.25, -0.2) is 0 Å². The van der Waals surface area contributed by atoms with Crippen LogP contribution in [0.5, 0.6) is 5.75 Å². The lowest BCUT2D eigenvalue weighted by molar-refractivity contribution is 0.275. The van der Waals surface area contributed by atoms with E-state index in [1.165, 1.54) is 0 Å². The van der Waals surface area contributed by atoms with Crippen LogP contribution < -0.4 is 10.5 Å². The van der Waals surface area contributed by atoms with Crippen molar-refractivity contribution in [3.05, 3.63) is 42.0 Å². The maximum Gasteiger partial charge on any atom is 0.124 e. The van der Waals surface area contributed by atoms with Crippen LogP contribution in [0, 0.1) is 0 Å². The second-order valence-electron chi connectivity index (χ2n) is 4.02. The highest BCUT2D eigenvalue weighted by Crippen LogP contribution is 2.33. The fourth-order valence-electron chi connectivity index (χ4n) is 2.12. The zero-order chi connectivity index (χ0) is 12.3. The minimum atomic E-state index is -0.207. The van der Waals surface area contributed by atoms with Gasteiger partial charge in [0.1, 0.15) is 5.75 Å². The molecule has 0 saturated heterocycles. The molecule has 0 bridgehead atoms. The van der Waals surface area contributed by atoms with Gasteiger partial charge < -0.3 is 15.6 Å². The molecule has 98 valence electrons. The van der Waals surface area contributed by atoms with Crippen molar-refractivity contribution in [3.8, 4) is 5.75 Å². The van der Waals surface area contributed by atoms with Crippen molar-refractivity contribution in [2.75, 3.05) is 13.7 Å². The number of hydrogen-bond donors (Lipinski definition) is 2. The van der Waals surface area contributed by atoms with Gasteiger partial charge in [0.15, 0.2) is 0 Å². The molecule has 1 atom stereocenters. The first-order chi connectivity index (χ1) is 8.27. The molecular formula is C14H18ClNO2. The maximum atomic E-state index is 9.01. The Kier molecular flexibility index (Phi) is 5.41. The van der Waals surface area contributed by atoms with E-state index < -0.39 is 0 Å². The summed E-state index contributed by atoms with van der Waals surface area (Å²) in [5.74, 6) is 0.782. The van der Waals surface area contributed by atoms with Crippen molar-refractivity contribution in [1.29, 1.82) is 0 Å².